The normalized spacial score (nSPS) is 11.3. The van der Waals surface area contributed by atoms with Gasteiger partial charge < -0.3 is 31.5 Å². The van der Waals surface area contributed by atoms with Crippen LogP contribution in [-0.2, 0) is 32.6 Å². The number of hydrogen-bond acceptors (Lipinski definition) is 6. The first-order chi connectivity index (χ1) is 19.0. The number of allylic oxidation sites excluding steroid dienone is 8. The van der Waals surface area contributed by atoms with Crippen LogP contribution in [0.5, 0.6) is 11.5 Å². The van der Waals surface area contributed by atoms with Gasteiger partial charge in [0.25, 0.3) is 0 Å². The number of phenolic OH excluding ortho intramolecular Hbond substituents is 2. The van der Waals surface area contributed by atoms with Gasteiger partial charge in [0.15, 0.2) is 0 Å². The largest absolute Gasteiger partial charge is 0.507 e. The quantitative estimate of drug-likeness (QED) is 0.137. The lowest BCUT2D eigenvalue weighted by atomic mass is 9.95. The molecule has 6 nitrogen and oxygen atoms in total. The van der Waals surface area contributed by atoms with Gasteiger partial charge in [-0.2, -0.15) is 0 Å². The van der Waals surface area contributed by atoms with Gasteiger partial charge in [-0.25, -0.2) is 0 Å². The van der Waals surface area contributed by atoms with Crippen LogP contribution in [0.4, 0.5) is 0 Å². The Kier molecular flexibility index (Phi) is 13.7. The lowest BCUT2D eigenvalue weighted by Crippen LogP contribution is -2.11. The van der Waals surface area contributed by atoms with Crippen molar-refractivity contribution in [1.82, 2.24) is 21.3 Å². The maximum atomic E-state index is 11.0. The van der Waals surface area contributed by atoms with E-state index >= 15 is 0 Å². The molecule has 0 bridgehead atoms. The van der Waals surface area contributed by atoms with E-state index in [4.69, 9.17) is 0 Å². The van der Waals surface area contributed by atoms with Crippen LogP contribution in [0.15, 0.2) is 124 Å². The maximum Gasteiger partial charge on any atom is 0.125 e. The fourth-order valence-electron chi connectivity index (χ4n) is 3.86. The molecule has 2 aromatic carbocycles. The summed E-state index contributed by atoms with van der Waals surface area (Å²) in [5.41, 5.74) is 5.25. The topological polar surface area (TPSA) is 88.6 Å². The first-order valence-electron chi connectivity index (χ1n) is 12.7. The first-order valence-corrected chi connectivity index (χ1v) is 12.7. The number of nitrogens with one attached hydrogen (secondary N) is 4. The third kappa shape index (κ3) is 10.6. The maximum absolute atomic E-state index is 11.0. The molecule has 2 aromatic rings. The van der Waals surface area contributed by atoms with Gasteiger partial charge in [-0.3, -0.25) is 0 Å². The molecule has 2 rings (SSSR count). The third-order valence-electron chi connectivity index (χ3n) is 5.63. The molecule has 39 heavy (non-hydrogen) atoms. The van der Waals surface area contributed by atoms with Gasteiger partial charge in [-0.15, -0.1) is 0 Å². The van der Waals surface area contributed by atoms with Crippen LogP contribution in [0.1, 0.15) is 33.4 Å². The van der Waals surface area contributed by atoms with Crippen molar-refractivity contribution < 1.29 is 10.2 Å². The SMILES string of the molecule is C=CC=CNCc1cc(Cc2cc(CNC=CC=C)c(O)c(CNC=CC=C)c2)cc(CNC=CC=C)c1O. The summed E-state index contributed by atoms with van der Waals surface area (Å²) < 4.78 is 0. The average Bonchev–Trinajstić information content (AvgIpc) is 2.93. The zero-order valence-corrected chi connectivity index (χ0v) is 22.5. The second-order valence-electron chi connectivity index (χ2n) is 8.61. The van der Waals surface area contributed by atoms with E-state index in [1.54, 1.807) is 73.4 Å². The monoisotopic (exact) mass is 524 g/mol. The Balaban J connectivity index is 2.43. The molecule has 0 aliphatic heterocycles. The van der Waals surface area contributed by atoms with Gasteiger partial charge >= 0.3 is 0 Å². The minimum absolute atomic E-state index is 0.251. The average molecular weight is 525 g/mol. The molecule has 6 N–H and O–H groups in total. The molecule has 0 saturated heterocycles. The highest BCUT2D eigenvalue weighted by molar-refractivity contribution is 5.48. The summed E-state index contributed by atoms with van der Waals surface area (Å²) in [5, 5.41) is 34.7. The van der Waals surface area contributed by atoms with E-state index < -0.39 is 0 Å². The van der Waals surface area contributed by atoms with Crippen LogP contribution in [-0.4, -0.2) is 10.2 Å². The van der Waals surface area contributed by atoms with Crippen molar-refractivity contribution >= 4 is 0 Å². The van der Waals surface area contributed by atoms with Crippen molar-refractivity contribution in [2.24, 2.45) is 0 Å². The molecule has 0 amide bonds. The molecule has 6 heteroatoms. The Morgan fingerprint density at radius 3 is 0.974 bits per heavy atom. The molecule has 0 fully saturated rings. The van der Waals surface area contributed by atoms with E-state index in [1.165, 1.54) is 0 Å². The molecular formula is C33H40N4O2. The van der Waals surface area contributed by atoms with Gasteiger partial charge in [0.05, 0.1) is 0 Å². The van der Waals surface area contributed by atoms with Crippen LogP contribution in [0.2, 0.25) is 0 Å². The Labute approximate surface area is 232 Å². The lowest BCUT2D eigenvalue weighted by Gasteiger charge is -2.16. The highest BCUT2D eigenvalue weighted by Gasteiger charge is 2.13. The fraction of sp³-hybridized carbons (Fsp3) is 0.152. The summed E-state index contributed by atoms with van der Waals surface area (Å²) in [6.07, 6.45) is 21.8. The molecule has 0 aliphatic rings. The summed E-state index contributed by atoms with van der Waals surface area (Å²) in [5.74, 6) is 0.502. The highest BCUT2D eigenvalue weighted by Crippen LogP contribution is 2.29. The second-order valence-corrected chi connectivity index (χ2v) is 8.61. The minimum atomic E-state index is 0.251. The smallest absolute Gasteiger partial charge is 0.125 e. The Hall–Kier alpha value is -4.84. The molecule has 0 radical (unpaired) electrons. The highest BCUT2D eigenvalue weighted by atomic mass is 16.3. The van der Waals surface area contributed by atoms with E-state index in [-0.39, 0.29) is 11.5 Å². The van der Waals surface area contributed by atoms with Crippen LogP contribution in [0, 0.1) is 0 Å². The van der Waals surface area contributed by atoms with Crippen LogP contribution < -0.4 is 21.3 Å². The van der Waals surface area contributed by atoms with E-state index in [2.05, 4.69) is 47.6 Å². The van der Waals surface area contributed by atoms with E-state index in [9.17, 15) is 10.2 Å². The molecule has 0 atom stereocenters. The standard InChI is InChI=1S/C33H40N4O2/c1-5-9-13-34-22-28-18-26(19-29(32(28)38)23-35-14-10-6-2)17-27-20-30(24-36-15-11-7-3)33(39)31(21-27)25-37-16-12-8-4/h5-16,18-21,34-39H,1-4,17,22-25H2. The third-order valence-corrected chi connectivity index (χ3v) is 5.63. The number of benzene rings is 2. The van der Waals surface area contributed by atoms with Gasteiger partial charge in [0, 0.05) is 48.4 Å². The van der Waals surface area contributed by atoms with Crippen LogP contribution in [0.25, 0.3) is 0 Å². The summed E-state index contributed by atoms with van der Waals surface area (Å²) in [6, 6.07) is 8.04. The zero-order valence-electron chi connectivity index (χ0n) is 22.5. The summed E-state index contributed by atoms with van der Waals surface area (Å²) >= 11 is 0. The molecule has 0 aromatic heterocycles. The molecular weight excluding hydrogens is 484 g/mol. The van der Waals surface area contributed by atoms with E-state index in [0.29, 0.717) is 32.6 Å². The molecule has 0 spiro atoms. The first kappa shape index (κ1) is 30.4. The summed E-state index contributed by atoms with van der Waals surface area (Å²) in [4.78, 5) is 0. The van der Waals surface area contributed by atoms with Crippen molar-refractivity contribution in [3.63, 3.8) is 0 Å². The summed E-state index contributed by atoms with van der Waals surface area (Å²) in [6.45, 7) is 16.6. The number of hydrogen-bond donors (Lipinski definition) is 6. The molecule has 0 saturated carbocycles. The van der Waals surface area contributed by atoms with Crippen LogP contribution >= 0.6 is 0 Å². The van der Waals surface area contributed by atoms with Crippen molar-refractivity contribution in [3.8, 4) is 11.5 Å². The lowest BCUT2D eigenvalue weighted by molar-refractivity contribution is 0.458. The second kappa shape index (κ2) is 17.6. The number of aromatic hydroxyl groups is 2. The van der Waals surface area contributed by atoms with Crippen molar-refractivity contribution in [2.75, 3.05) is 0 Å². The van der Waals surface area contributed by atoms with Gasteiger partial charge in [0.2, 0.25) is 0 Å². The minimum Gasteiger partial charge on any atom is -0.507 e. The van der Waals surface area contributed by atoms with E-state index in [1.807, 2.05) is 24.3 Å². The zero-order chi connectivity index (χ0) is 28.3. The number of rotatable bonds is 18. The van der Waals surface area contributed by atoms with E-state index in [0.717, 1.165) is 33.4 Å². The predicted octanol–water partition coefficient (Wildman–Crippen LogP) is 5.85. The van der Waals surface area contributed by atoms with Crippen molar-refractivity contribution in [1.29, 1.82) is 0 Å². The Morgan fingerprint density at radius 1 is 0.487 bits per heavy atom. The van der Waals surface area contributed by atoms with Gasteiger partial charge in [0.1, 0.15) is 11.5 Å². The molecule has 204 valence electrons. The van der Waals surface area contributed by atoms with Gasteiger partial charge in [-0.05, 0) is 90.9 Å². The Morgan fingerprint density at radius 2 is 0.744 bits per heavy atom. The predicted molar refractivity (Wildman–Crippen MR) is 164 cm³/mol. The fourth-order valence-corrected chi connectivity index (χ4v) is 3.86. The van der Waals surface area contributed by atoms with Gasteiger partial charge in [-0.1, -0.05) is 50.6 Å². The molecule has 0 unspecified atom stereocenters. The van der Waals surface area contributed by atoms with Crippen molar-refractivity contribution in [3.05, 3.63) is 157 Å². The number of phenols is 2. The summed E-state index contributed by atoms with van der Waals surface area (Å²) in [7, 11) is 0. The molecule has 0 aliphatic carbocycles. The Bertz CT molecular complexity index is 1060. The molecule has 0 heterocycles. The van der Waals surface area contributed by atoms with Crippen molar-refractivity contribution in [2.45, 2.75) is 32.6 Å². The van der Waals surface area contributed by atoms with Crippen LogP contribution in [0.3, 0.4) is 0 Å².